The largest absolute Gasteiger partial charge is 0.339 e. The Balaban J connectivity index is 1.39. The van der Waals surface area contributed by atoms with Crippen LogP contribution in [0, 0.1) is 0 Å². The lowest BCUT2D eigenvalue weighted by Crippen LogP contribution is -2.56. The topological polar surface area (TPSA) is 60.9 Å². The van der Waals surface area contributed by atoms with Crippen LogP contribution in [0.2, 0.25) is 0 Å². The van der Waals surface area contributed by atoms with Crippen LogP contribution in [0.1, 0.15) is 50.5 Å². The highest BCUT2D eigenvalue weighted by Crippen LogP contribution is 2.50. The predicted molar refractivity (Wildman–Crippen MR) is 117 cm³/mol. The molecule has 2 aliphatic carbocycles. The van der Waals surface area contributed by atoms with E-state index in [1.165, 1.54) is 6.42 Å². The summed E-state index contributed by atoms with van der Waals surface area (Å²) >= 11 is 3.45. The van der Waals surface area contributed by atoms with Crippen LogP contribution in [0.4, 0.5) is 0 Å². The number of amides is 1. The number of halogens is 1. The van der Waals surface area contributed by atoms with Crippen molar-refractivity contribution < 1.29 is 13.2 Å². The van der Waals surface area contributed by atoms with E-state index in [0.717, 1.165) is 48.6 Å². The number of hydrogen-bond donors (Lipinski definition) is 0. The molecule has 0 bridgehead atoms. The molecule has 29 heavy (non-hydrogen) atoms. The molecule has 1 aromatic rings. The van der Waals surface area contributed by atoms with E-state index in [1.807, 2.05) is 29.2 Å². The van der Waals surface area contributed by atoms with Crippen molar-refractivity contribution >= 4 is 32.0 Å². The molecular weight excluding hydrogens is 454 g/mol. The molecule has 1 heterocycles. The smallest absolute Gasteiger partial charge is 0.282 e. The van der Waals surface area contributed by atoms with E-state index < -0.39 is 15.6 Å². The third-order valence-corrected chi connectivity index (χ3v) is 9.43. The normalized spacial score (nSPS) is 23.3. The molecule has 160 valence electrons. The van der Waals surface area contributed by atoms with Gasteiger partial charge in [0.15, 0.2) is 0 Å². The molecule has 0 radical (unpaired) electrons. The van der Waals surface area contributed by atoms with Gasteiger partial charge in [0.2, 0.25) is 5.91 Å². The second-order valence-corrected chi connectivity index (χ2v) is 11.5. The minimum Gasteiger partial charge on any atom is -0.339 e. The lowest BCUT2D eigenvalue weighted by atomic mass is 9.94. The van der Waals surface area contributed by atoms with Crippen LogP contribution >= 0.6 is 15.9 Å². The zero-order valence-electron chi connectivity index (χ0n) is 17.0. The maximum atomic E-state index is 13.2. The zero-order chi connectivity index (χ0) is 20.6. The monoisotopic (exact) mass is 483 g/mol. The Morgan fingerprint density at radius 1 is 1.03 bits per heavy atom. The molecule has 1 aliphatic heterocycles. The minimum atomic E-state index is -3.46. The first-order valence-corrected chi connectivity index (χ1v) is 12.8. The summed E-state index contributed by atoms with van der Waals surface area (Å²) in [5.41, 5.74) is 0.665. The highest BCUT2D eigenvalue weighted by atomic mass is 79.9. The van der Waals surface area contributed by atoms with Crippen LogP contribution in [0.5, 0.6) is 0 Å². The highest BCUT2D eigenvalue weighted by molar-refractivity contribution is 9.10. The van der Waals surface area contributed by atoms with Crippen molar-refractivity contribution in [3.05, 3.63) is 34.3 Å². The number of hydrogen-bond acceptors (Lipinski definition) is 3. The summed E-state index contributed by atoms with van der Waals surface area (Å²) in [6.07, 6.45) is 7.04. The summed E-state index contributed by atoms with van der Waals surface area (Å²) < 4.78 is 30.3. The average molecular weight is 484 g/mol. The van der Waals surface area contributed by atoms with E-state index in [-0.39, 0.29) is 11.9 Å². The van der Waals surface area contributed by atoms with Gasteiger partial charge in [-0.2, -0.15) is 17.0 Å². The second-order valence-electron chi connectivity index (χ2n) is 8.60. The van der Waals surface area contributed by atoms with Gasteiger partial charge in [-0.1, -0.05) is 47.3 Å². The van der Waals surface area contributed by atoms with E-state index >= 15 is 0 Å². The fourth-order valence-electron chi connectivity index (χ4n) is 4.76. The number of nitrogens with zero attached hydrogens (tertiary/aromatic N) is 3. The molecule has 3 aliphatic rings. The van der Waals surface area contributed by atoms with E-state index in [0.29, 0.717) is 26.2 Å². The fourth-order valence-corrected chi connectivity index (χ4v) is 6.60. The molecule has 1 aromatic carbocycles. The Kier molecular flexibility index (Phi) is 6.08. The van der Waals surface area contributed by atoms with Gasteiger partial charge in [-0.3, -0.25) is 4.79 Å². The molecule has 0 N–H and O–H groups in total. The molecule has 3 fully saturated rings. The van der Waals surface area contributed by atoms with E-state index in [4.69, 9.17) is 0 Å². The van der Waals surface area contributed by atoms with Gasteiger partial charge >= 0.3 is 0 Å². The summed E-state index contributed by atoms with van der Waals surface area (Å²) in [4.78, 5) is 15.1. The molecule has 6 nitrogen and oxygen atoms in total. The Bertz CT molecular complexity index is 840. The van der Waals surface area contributed by atoms with Crippen LogP contribution in [0.25, 0.3) is 0 Å². The van der Waals surface area contributed by atoms with Gasteiger partial charge in [0.1, 0.15) is 0 Å². The van der Waals surface area contributed by atoms with E-state index in [1.54, 1.807) is 15.7 Å². The Morgan fingerprint density at radius 3 is 2.17 bits per heavy atom. The van der Waals surface area contributed by atoms with Crippen molar-refractivity contribution in [1.82, 2.24) is 13.5 Å². The van der Waals surface area contributed by atoms with Crippen LogP contribution < -0.4 is 0 Å². The third kappa shape index (κ3) is 4.13. The van der Waals surface area contributed by atoms with Gasteiger partial charge in [0.25, 0.3) is 10.2 Å². The first-order chi connectivity index (χ1) is 13.8. The molecule has 8 heteroatoms. The van der Waals surface area contributed by atoms with Gasteiger partial charge in [0, 0.05) is 43.7 Å². The molecule has 1 saturated heterocycles. The maximum absolute atomic E-state index is 13.2. The van der Waals surface area contributed by atoms with Crippen LogP contribution in [0.15, 0.2) is 28.7 Å². The Morgan fingerprint density at radius 2 is 1.62 bits per heavy atom. The molecule has 0 unspecified atom stereocenters. The Labute approximate surface area is 182 Å². The SMILES string of the molecule is CN(C1CCCCC1)S(=O)(=O)N1CCN(C(=O)C2(c3ccc(Br)cc3)CC2)CC1. The quantitative estimate of drug-likeness (QED) is 0.646. The number of carbonyl (C=O) groups is 1. The number of rotatable bonds is 5. The van der Waals surface area contributed by atoms with Gasteiger partial charge < -0.3 is 4.90 Å². The van der Waals surface area contributed by atoms with Gasteiger partial charge in [-0.25, -0.2) is 0 Å². The first kappa shape index (κ1) is 21.3. The number of piperazine rings is 1. The molecular formula is C21H30BrN3O3S. The summed E-state index contributed by atoms with van der Waals surface area (Å²) in [6.45, 7) is 1.69. The lowest BCUT2D eigenvalue weighted by Gasteiger charge is -2.39. The minimum absolute atomic E-state index is 0.112. The lowest BCUT2D eigenvalue weighted by molar-refractivity contribution is -0.135. The van der Waals surface area contributed by atoms with Crippen LogP contribution in [-0.2, 0) is 20.4 Å². The van der Waals surface area contributed by atoms with Gasteiger partial charge in [-0.05, 0) is 43.4 Å². The number of benzene rings is 1. The van der Waals surface area contributed by atoms with E-state index in [2.05, 4.69) is 15.9 Å². The van der Waals surface area contributed by atoms with Gasteiger partial charge in [0.05, 0.1) is 5.41 Å². The molecule has 2 saturated carbocycles. The molecule has 4 rings (SSSR count). The standard InChI is InChI=1S/C21H30BrN3O3S/c1-23(19-5-3-2-4-6-19)29(27,28)25-15-13-24(14-16-25)20(26)21(11-12-21)17-7-9-18(22)10-8-17/h7-10,19H,2-6,11-16H2,1H3. The van der Waals surface area contributed by atoms with Crippen molar-refractivity contribution in [1.29, 1.82) is 0 Å². The molecule has 0 atom stereocenters. The second kappa shape index (κ2) is 8.29. The van der Waals surface area contributed by atoms with Crippen molar-refractivity contribution in [3.63, 3.8) is 0 Å². The maximum Gasteiger partial charge on any atom is 0.282 e. The van der Waals surface area contributed by atoms with E-state index in [9.17, 15) is 13.2 Å². The van der Waals surface area contributed by atoms with Gasteiger partial charge in [-0.15, -0.1) is 0 Å². The third-order valence-electron chi connectivity index (χ3n) is 6.86. The molecule has 1 amide bonds. The van der Waals surface area contributed by atoms with Crippen LogP contribution in [-0.4, -0.2) is 67.1 Å². The predicted octanol–water partition coefficient (Wildman–Crippen LogP) is 3.13. The Hall–Kier alpha value is -0.960. The van der Waals surface area contributed by atoms with Crippen molar-refractivity contribution in [3.8, 4) is 0 Å². The first-order valence-electron chi connectivity index (χ1n) is 10.6. The van der Waals surface area contributed by atoms with Crippen molar-refractivity contribution in [2.24, 2.45) is 0 Å². The molecule has 0 spiro atoms. The summed E-state index contributed by atoms with van der Waals surface area (Å²) in [6, 6.07) is 8.12. The van der Waals surface area contributed by atoms with Crippen molar-refractivity contribution in [2.45, 2.75) is 56.4 Å². The average Bonchev–Trinajstić information content (AvgIpc) is 3.56. The summed E-state index contributed by atoms with van der Waals surface area (Å²) in [5, 5.41) is 0. The zero-order valence-corrected chi connectivity index (χ0v) is 19.4. The highest BCUT2D eigenvalue weighted by Gasteiger charge is 2.53. The summed E-state index contributed by atoms with van der Waals surface area (Å²) in [7, 11) is -1.75. The molecule has 0 aromatic heterocycles. The van der Waals surface area contributed by atoms with Crippen molar-refractivity contribution in [2.75, 3.05) is 33.2 Å². The number of carbonyl (C=O) groups excluding carboxylic acids is 1. The fraction of sp³-hybridized carbons (Fsp3) is 0.667. The summed E-state index contributed by atoms with van der Waals surface area (Å²) in [5.74, 6) is 0.150. The van der Waals surface area contributed by atoms with Crippen LogP contribution in [0.3, 0.4) is 0 Å².